The summed E-state index contributed by atoms with van der Waals surface area (Å²) in [5.74, 6) is 0.283. The molecule has 5 rings (SSSR count). The summed E-state index contributed by atoms with van der Waals surface area (Å²) < 4.78 is 0. The van der Waals surface area contributed by atoms with E-state index in [0.29, 0.717) is 0 Å². The zero-order valence-corrected chi connectivity index (χ0v) is 13.3. The zero-order chi connectivity index (χ0) is 15.6. The molecule has 1 amide bonds. The normalized spacial score (nSPS) is 28.8. The number of anilines is 1. The first kappa shape index (κ1) is 13.3. The van der Waals surface area contributed by atoms with Crippen LogP contribution in [0.15, 0.2) is 48.5 Å². The lowest BCUT2D eigenvalue weighted by Gasteiger charge is -2.38. The molecule has 3 aliphatic rings. The third-order valence-corrected chi connectivity index (χ3v) is 6.14. The van der Waals surface area contributed by atoms with Crippen molar-refractivity contribution in [3.63, 3.8) is 0 Å². The van der Waals surface area contributed by atoms with Crippen LogP contribution >= 0.6 is 0 Å². The van der Waals surface area contributed by atoms with Gasteiger partial charge in [0.05, 0.1) is 5.41 Å². The molecule has 2 atom stereocenters. The number of para-hydroxylation sites is 1. The van der Waals surface area contributed by atoms with Gasteiger partial charge in [-0.25, -0.2) is 0 Å². The molecule has 23 heavy (non-hydrogen) atoms. The van der Waals surface area contributed by atoms with Gasteiger partial charge in [0.2, 0.25) is 5.91 Å². The summed E-state index contributed by atoms with van der Waals surface area (Å²) in [4.78, 5) is 17.7. The van der Waals surface area contributed by atoms with Crippen LogP contribution < -0.4 is 4.90 Å². The monoisotopic (exact) mass is 304 g/mol. The van der Waals surface area contributed by atoms with Gasteiger partial charge in [0, 0.05) is 31.9 Å². The number of benzene rings is 2. The highest BCUT2D eigenvalue weighted by atomic mass is 16.2. The fraction of sp³-hybridized carbons (Fsp3) is 0.350. The second-order valence-electron chi connectivity index (χ2n) is 7.06. The molecule has 0 bridgehead atoms. The van der Waals surface area contributed by atoms with E-state index in [1.54, 1.807) is 0 Å². The third-order valence-electron chi connectivity index (χ3n) is 6.14. The van der Waals surface area contributed by atoms with E-state index in [2.05, 4.69) is 47.4 Å². The second kappa shape index (κ2) is 4.45. The fourth-order valence-electron chi connectivity index (χ4n) is 5.02. The first-order valence-electron chi connectivity index (χ1n) is 8.40. The van der Waals surface area contributed by atoms with Crippen molar-refractivity contribution in [1.82, 2.24) is 4.90 Å². The summed E-state index contributed by atoms with van der Waals surface area (Å²) in [6, 6.07) is 17.3. The van der Waals surface area contributed by atoms with Crippen LogP contribution in [0.25, 0.3) is 0 Å². The quantitative estimate of drug-likeness (QED) is 0.747. The molecule has 116 valence electrons. The molecule has 0 aliphatic carbocycles. The van der Waals surface area contributed by atoms with Crippen molar-refractivity contribution < 1.29 is 4.79 Å². The van der Waals surface area contributed by atoms with Crippen molar-refractivity contribution in [2.75, 3.05) is 18.5 Å². The topological polar surface area (TPSA) is 23.6 Å². The fourth-order valence-corrected chi connectivity index (χ4v) is 5.02. The van der Waals surface area contributed by atoms with E-state index in [1.807, 2.05) is 18.0 Å². The number of carbonyl (C=O) groups is 1. The predicted molar refractivity (Wildman–Crippen MR) is 90.5 cm³/mol. The van der Waals surface area contributed by atoms with Crippen LogP contribution in [0.4, 0.5) is 5.69 Å². The van der Waals surface area contributed by atoms with Gasteiger partial charge in [-0.2, -0.15) is 0 Å². The molecular weight excluding hydrogens is 284 g/mol. The minimum atomic E-state index is -0.348. The predicted octanol–water partition coefficient (Wildman–Crippen LogP) is 2.73. The minimum absolute atomic E-state index is 0.283. The maximum Gasteiger partial charge on any atom is 0.239 e. The summed E-state index contributed by atoms with van der Waals surface area (Å²) in [6.07, 6.45) is 1.91. The van der Waals surface area contributed by atoms with E-state index in [1.165, 1.54) is 16.7 Å². The van der Waals surface area contributed by atoms with E-state index < -0.39 is 0 Å². The van der Waals surface area contributed by atoms with Crippen LogP contribution in [-0.4, -0.2) is 30.4 Å². The van der Waals surface area contributed by atoms with E-state index in [-0.39, 0.29) is 17.4 Å². The molecule has 1 saturated heterocycles. The summed E-state index contributed by atoms with van der Waals surface area (Å²) in [6.45, 7) is 1.98. The molecule has 2 aromatic rings. The van der Waals surface area contributed by atoms with Crippen molar-refractivity contribution in [2.24, 2.45) is 0 Å². The van der Waals surface area contributed by atoms with Crippen molar-refractivity contribution in [3.05, 3.63) is 65.2 Å². The van der Waals surface area contributed by atoms with Gasteiger partial charge in [0.15, 0.2) is 0 Å². The highest BCUT2D eigenvalue weighted by Gasteiger charge is 2.59. The Labute approximate surface area is 136 Å². The number of carbonyl (C=O) groups excluding carboxylic acids is 1. The number of fused-ring (bicyclic) bond motifs is 5. The van der Waals surface area contributed by atoms with Gasteiger partial charge in [0.25, 0.3) is 0 Å². The molecule has 2 aromatic carbocycles. The van der Waals surface area contributed by atoms with Gasteiger partial charge in [0.1, 0.15) is 0 Å². The van der Waals surface area contributed by atoms with Crippen molar-refractivity contribution in [3.8, 4) is 0 Å². The molecule has 1 fully saturated rings. The van der Waals surface area contributed by atoms with Crippen LogP contribution in [0.5, 0.6) is 0 Å². The zero-order valence-electron chi connectivity index (χ0n) is 13.3. The van der Waals surface area contributed by atoms with Crippen molar-refractivity contribution >= 4 is 11.6 Å². The number of rotatable bonds is 0. The summed E-state index contributed by atoms with van der Waals surface area (Å²) in [5.41, 5.74) is 4.82. The Morgan fingerprint density at radius 2 is 1.78 bits per heavy atom. The van der Waals surface area contributed by atoms with Crippen LogP contribution in [0.3, 0.4) is 0 Å². The largest absolute Gasteiger partial charge is 0.314 e. The molecule has 1 spiro atoms. The molecule has 0 aromatic heterocycles. The summed E-state index contributed by atoms with van der Waals surface area (Å²) in [7, 11) is 1.93. The Hall–Kier alpha value is -2.13. The minimum Gasteiger partial charge on any atom is -0.314 e. The third kappa shape index (κ3) is 1.56. The van der Waals surface area contributed by atoms with Gasteiger partial charge >= 0.3 is 0 Å². The van der Waals surface area contributed by atoms with Crippen molar-refractivity contribution in [1.29, 1.82) is 0 Å². The number of likely N-dealkylation sites (N-methyl/N-ethyl adjacent to an activating group) is 1. The van der Waals surface area contributed by atoms with Crippen LogP contribution in [0.2, 0.25) is 0 Å². The molecule has 3 heterocycles. The molecule has 3 aliphatic heterocycles. The molecule has 2 unspecified atom stereocenters. The Bertz CT molecular complexity index is 815. The molecule has 0 radical (unpaired) electrons. The average Bonchev–Trinajstić information content (AvgIpc) is 3.07. The van der Waals surface area contributed by atoms with Crippen LogP contribution in [-0.2, 0) is 23.2 Å². The summed E-state index contributed by atoms with van der Waals surface area (Å²) in [5, 5.41) is 0. The van der Waals surface area contributed by atoms with E-state index in [0.717, 1.165) is 31.6 Å². The van der Waals surface area contributed by atoms with Crippen LogP contribution in [0.1, 0.15) is 23.1 Å². The van der Waals surface area contributed by atoms with Gasteiger partial charge in [-0.05, 0) is 35.6 Å². The highest BCUT2D eigenvalue weighted by Crippen LogP contribution is 2.52. The van der Waals surface area contributed by atoms with Crippen LogP contribution in [0, 0.1) is 0 Å². The standard InChI is InChI=1S/C20H20N2O/c1-21-17-9-5-4-8-16(17)20(19(21)23)10-11-22-13-15-7-3-2-6-14(15)12-18(20)22/h2-9,18H,10-13H2,1H3. The molecule has 0 saturated carbocycles. The maximum atomic E-state index is 13.3. The lowest BCUT2D eigenvalue weighted by Crippen LogP contribution is -2.51. The number of amides is 1. The van der Waals surface area contributed by atoms with Gasteiger partial charge < -0.3 is 4.90 Å². The smallest absolute Gasteiger partial charge is 0.239 e. The first-order chi connectivity index (χ1) is 11.2. The lowest BCUT2D eigenvalue weighted by atomic mass is 9.72. The molecule has 3 nitrogen and oxygen atoms in total. The summed E-state index contributed by atoms with van der Waals surface area (Å²) >= 11 is 0. The Balaban J connectivity index is 1.67. The maximum absolute atomic E-state index is 13.3. The SMILES string of the molecule is CN1C(=O)C2(CCN3Cc4ccccc4CC32)c2ccccc21. The highest BCUT2D eigenvalue weighted by molar-refractivity contribution is 6.08. The Kier molecular flexibility index (Phi) is 2.58. The second-order valence-corrected chi connectivity index (χ2v) is 7.06. The van der Waals surface area contributed by atoms with Crippen molar-refractivity contribution in [2.45, 2.75) is 30.8 Å². The molecular formula is C20H20N2O. The van der Waals surface area contributed by atoms with Gasteiger partial charge in [-0.15, -0.1) is 0 Å². The van der Waals surface area contributed by atoms with Gasteiger partial charge in [-0.1, -0.05) is 42.5 Å². The van der Waals surface area contributed by atoms with E-state index >= 15 is 0 Å². The first-order valence-corrected chi connectivity index (χ1v) is 8.40. The Morgan fingerprint density at radius 1 is 1.04 bits per heavy atom. The molecule has 3 heteroatoms. The number of hydrogen-bond donors (Lipinski definition) is 0. The lowest BCUT2D eigenvalue weighted by molar-refractivity contribution is -0.123. The Morgan fingerprint density at radius 3 is 2.65 bits per heavy atom. The van der Waals surface area contributed by atoms with E-state index in [4.69, 9.17) is 0 Å². The number of hydrogen-bond acceptors (Lipinski definition) is 2. The number of nitrogens with zero attached hydrogens (tertiary/aromatic N) is 2. The molecule has 0 N–H and O–H groups in total. The van der Waals surface area contributed by atoms with E-state index in [9.17, 15) is 4.79 Å². The average molecular weight is 304 g/mol. The van der Waals surface area contributed by atoms with Gasteiger partial charge in [-0.3, -0.25) is 9.69 Å².